The minimum Gasteiger partial charge on any atom is -0.340 e. The van der Waals surface area contributed by atoms with Crippen molar-refractivity contribution >= 4 is 10.9 Å². The zero-order valence-corrected chi connectivity index (χ0v) is 24.9. The Balaban J connectivity index is 0.000000509. The number of benzene rings is 2. The highest BCUT2D eigenvalue weighted by Gasteiger charge is 2.18. The Labute approximate surface area is 230 Å². The quantitative estimate of drug-likeness (QED) is 0.255. The van der Waals surface area contributed by atoms with Gasteiger partial charge in [0.05, 0.1) is 6.54 Å². The molecule has 0 amide bonds. The average molecular weight is 523 g/mol. The molecule has 0 atom stereocenters. The first-order chi connectivity index (χ1) is 18.5. The lowest BCUT2D eigenvalue weighted by molar-refractivity contribution is 0.578. The molecular formula is C34H48F2N2. The van der Waals surface area contributed by atoms with Crippen LogP contribution >= 0.6 is 0 Å². The number of rotatable bonds is 5. The normalized spacial score (nSPS) is 11.0. The van der Waals surface area contributed by atoms with Crippen LogP contribution in [0.5, 0.6) is 0 Å². The molecule has 1 fully saturated rings. The molecule has 0 saturated heterocycles. The maximum Gasteiger partial charge on any atom is 0.128 e. The molecule has 2 aromatic heterocycles. The maximum atomic E-state index is 14.2. The van der Waals surface area contributed by atoms with Gasteiger partial charge in [0.15, 0.2) is 0 Å². The van der Waals surface area contributed by atoms with E-state index in [2.05, 4.69) is 24.9 Å². The maximum absolute atomic E-state index is 14.2. The standard InChI is InChI=1S/C22H18F2N2.C5H12.C3H6.2C2H6/c1-14-18(7-5-11-25-14)22-15(2)26(21-8-4-3-6-19(21)22)13-16-12-17(23)9-10-20(16)24;1-3-5-4-2;1-2-3-1;2*1-2/h3-12H,13H2,1-2H3;3-5H2,1-2H3;1-3H2;2*1-2H3. The van der Waals surface area contributed by atoms with Gasteiger partial charge in [-0.3, -0.25) is 4.98 Å². The molecular weight excluding hydrogens is 474 g/mol. The smallest absolute Gasteiger partial charge is 0.128 e. The molecule has 0 unspecified atom stereocenters. The van der Waals surface area contributed by atoms with Crippen molar-refractivity contribution in [2.75, 3.05) is 0 Å². The number of hydrogen-bond donors (Lipinski definition) is 0. The fourth-order valence-corrected chi connectivity index (χ4v) is 3.91. The minimum absolute atomic E-state index is 0.273. The van der Waals surface area contributed by atoms with Crippen LogP contribution in [-0.2, 0) is 6.54 Å². The summed E-state index contributed by atoms with van der Waals surface area (Å²) in [5, 5.41) is 1.08. The van der Waals surface area contributed by atoms with E-state index in [1.165, 1.54) is 50.7 Å². The Kier molecular flexibility index (Phi) is 15.9. The van der Waals surface area contributed by atoms with Gasteiger partial charge in [-0.2, -0.15) is 0 Å². The zero-order chi connectivity index (χ0) is 28.5. The van der Waals surface area contributed by atoms with Crippen molar-refractivity contribution in [3.63, 3.8) is 0 Å². The van der Waals surface area contributed by atoms with E-state index in [9.17, 15) is 8.78 Å². The second-order valence-corrected chi connectivity index (χ2v) is 8.85. The van der Waals surface area contributed by atoms with Crippen LogP contribution in [-0.4, -0.2) is 9.55 Å². The van der Waals surface area contributed by atoms with Crippen molar-refractivity contribution in [3.8, 4) is 11.1 Å². The predicted octanol–water partition coefficient (Wildman–Crippen LogP) is 11.1. The molecule has 0 spiro atoms. The number of pyridine rings is 1. The largest absolute Gasteiger partial charge is 0.340 e. The number of nitrogens with zero attached hydrogens (tertiary/aromatic N) is 2. The molecule has 1 aliphatic carbocycles. The summed E-state index contributed by atoms with van der Waals surface area (Å²) < 4.78 is 29.8. The summed E-state index contributed by atoms with van der Waals surface area (Å²) in [6.45, 7) is 16.7. The van der Waals surface area contributed by atoms with Gasteiger partial charge in [-0.05, 0) is 44.2 Å². The Morgan fingerprint density at radius 3 is 2.00 bits per heavy atom. The number of hydrogen-bond acceptors (Lipinski definition) is 1. The van der Waals surface area contributed by atoms with E-state index in [1.807, 2.05) is 76.4 Å². The highest BCUT2D eigenvalue weighted by atomic mass is 19.1. The van der Waals surface area contributed by atoms with Gasteiger partial charge in [0, 0.05) is 45.2 Å². The third-order valence-electron chi connectivity index (χ3n) is 5.90. The summed E-state index contributed by atoms with van der Waals surface area (Å²) in [6.07, 6.45) is 10.3. The molecule has 4 heteroatoms. The van der Waals surface area contributed by atoms with E-state index in [0.717, 1.165) is 39.5 Å². The number of unbranched alkanes of at least 4 members (excludes halogenated alkanes) is 2. The molecule has 4 aromatic rings. The number of aromatic nitrogens is 2. The molecule has 2 aromatic carbocycles. The summed E-state index contributed by atoms with van der Waals surface area (Å²) >= 11 is 0. The fourth-order valence-electron chi connectivity index (χ4n) is 3.91. The van der Waals surface area contributed by atoms with Gasteiger partial charge in [-0.25, -0.2) is 8.78 Å². The molecule has 0 N–H and O–H groups in total. The van der Waals surface area contributed by atoms with Crippen molar-refractivity contribution in [1.82, 2.24) is 9.55 Å². The number of fused-ring (bicyclic) bond motifs is 1. The summed E-state index contributed by atoms with van der Waals surface area (Å²) in [4.78, 5) is 4.40. The third kappa shape index (κ3) is 9.70. The van der Waals surface area contributed by atoms with Crippen molar-refractivity contribution in [2.45, 2.75) is 100 Å². The van der Waals surface area contributed by atoms with Crippen molar-refractivity contribution in [3.05, 3.63) is 89.4 Å². The van der Waals surface area contributed by atoms with Gasteiger partial charge in [0.2, 0.25) is 0 Å². The monoisotopic (exact) mass is 522 g/mol. The molecule has 0 aliphatic heterocycles. The summed E-state index contributed by atoms with van der Waals surface area (Å²) in [5.74, 6) is -0.832. The topological polar surface area (TPSA) is 17.8 Å². The molecule has 5 rings (SSSR count). The third-order valence-corrected chi connectivity index (χ3v) is 5.90. The Morgan fingerprint density at radius 2 is 1.45 bits per heavy atom. The van der Waals surface area contributed by atoms with E-state index < -0.39 is 11.6 Å². The summed E-state index contributed by atoms with van der Waals surface area (Å²) in [5.41, 5.74) is 5.42. The molecule has 38 heavy (non-hydrogen) atoms. The van der Waals surface area contributed by atoms with E-state index in [-0.39, 0.29) is 6.54 Å². The van der Waals surface area contributed by atoms with Crippen molar-refractivity contribution in [1.29, 1.82) is 0 Å². The summed E-state index contributed by atoms with van der Waals surface area (Å²) in [6, 6.07) is 15.6. The van der Waals surface area contributed by atoms with E-state index in [0.29, 0.717) is 5.56 Å². The van der Waals surface area contributed by atoms with Gasteiger partial charge in [-0.15, -0.1) is 0 Å². The van der Waals surface area contributed by atoms with Crippen LogP contribution in [0.15, 0.2) is 60.8 Å². The van der Waals surface area contributed by atoms with Gasteiger partial charge in [0.25, 0.3) is 0 Å². The van der Waals surface area contributed by atoms with Gasteiger partial charge in [-0.1, -0.05) is 104 Å². The Morgan fingerprint density at radius 1 is 0.816 bits per heavy atom. The van der Waals surface area contributed by atoms with Gasteiger partial charge >= 0.3 is 0 Å². The second-order valence-electron chi connectivity index (χ2n) is 8.85. The molecule has 0 radical (unpaired) electrons. The predicted molar refractivity (Wildman–Crippen MR) is 162 cm³/mol. The van der Waals surface area contributed by atoms with Gasteiger partial charge < -0.3 is 4.57 Å². The van der Waals surface area contributed by atoms with Crippen molar-refractivity contribution in [2.24, 2.45) is 0 Å². The Hall–Kier alpha value is -3.01. The van der Waals surface area contributed by atoms with Crippen LogP contribution in [0, 0.1) is 25.5 Å². The lowest BCUT2D eigenvalue weighted by Crippen LogP contribution is -2.04. The molecule has 1 aliphatic rings. The molecule has 208 valence electrons. The number of para-hydroxylation sites is 1. The lowest BCUT2D eigenvalue weighted by Gasteiger charge is -2.11. The minimum atomic E-state index is -0.432. The lowest BCUT2D eigenvalue weighted by atomic mass is 10.0. The molecule has 2 heterocycles. The first kappa shape index (κ1) is 33.0. The number of aryl methyl sites for hydroxylation is 1. The first-order valence-electron chi connectivity index (χ1n) is 14.4. The molecule has 2 nitrogen and oxygen atoms in total. The highest BCUT2D eigenvalue weighted by molar-refractivity contribution is 5.98. The van der Waals surface area contributed by atoms with Gasteiger partial charge in [0.1, 0.15) is 11.6 Å². The van der Waals surface area contributed by atoms with Crippen LogP contribution in [0.3, 0.4) is 0 Å². The fraction of sp³-hybridized carbons (Fsp3) is 0.441. The summed E-state index contributed by atoms with van der Waals surface area (Å²) in [7, 11) is 0. The van der Waals surface area contributed by atoms with E-state index in [4.69, 9.17) is 0 Å². The van der Waals surface area contributed by atoms with Crippen LogP contribution in [0.2, 0.25) is 0 Å². The van der Waals surface area contributed by atoms with E-state index >= 15 is 0 Å². The average Bonchev–Trinajstić information content (AvgIpc) is 3.81. The zero-order valence-electron chi connectivity index (χ0n) is 24.9. The SMILES string of the molecule is C1CC1.CC.CC.CCCCC.Cc1ncccc1-c1c(C)n(Cc2cc(F)ccc2F)c2ccccc12. The van der Waals surface area contributed by atoms with E-state index in [1.54, 1.807) is 6.20 Å². The highest BCUT2D eigenvalue weighted by Crippen LogP contribution is 2.36. The molecule has 0 bridgehead atoms. The van der Waals surface area contributed by atoms with Crippen LogP contribution in [0.4, 0.5) is 8.78 Å². The second kappa shape index (κ2) is 18.3. The van der Waals surface area contributed by atoms with Crippen LogP contribution in [0.1, 0.15) is 97.0 Å². The van der Waals surface area contributed by atoms with Crippen LogP contribution < -0.4 is 0 Å². The van der Waals surface area contributed by atoms with Crippen LogP contribution in [0.25, 0.3) is 22.0 Å². The Bertz CT molecular complexity index is 1200. The van der Waals surface area contributed by atoms with Crippen molar-refractivity contribution < 1.29 is 8.78 Å². The number of halogens is 2. The molecule has 1 saturated carbocycles. The first-order valence-corrected chi connectivity index (χ1v) is 14.4.